The predicted molar refractivity (Wildman–Crippen MR) is 176 cm³/mol. The number of phenols is 1. The molecule has 0 unspecified atom stereocenters. The van der Waals surface area contributed by atoms with Crippen molar-refractivity contribution in [2.24, 2.45) is 17.3 Å². The number of aromatic hydroxyl groups is 1. The molecule has 42 heavy (non-hydrogen) atoms. The molecule has 3 aromatic carbocycles. The van der Waals surface area contributed by atoms with Crippen molar-refractivity contribution in [3.8, 4) is 22.6 Å². The first-order valence-electron chi connectivity index (χ1n) is 17.3. The minimum Gasteiger partial charge on any atom is -0.507 e. The second-order valence-corrected chi connectivity index (χ2v) is 15.9. The third kappa shape index (κ3) is 3.90. The second-order valence-electron chi connectivity index (χ2n) is 14.6. The standard InChI is InChI=1S/C39H48O2S/c1-3-37(4-2)19-21-38(22-20-37)31-18-12-11-17-28(31)36-30-23-34-35(24-29(30)33(40)25-32(36)38)42-39(41-34,26-13-7-5-8-14-26)27-15-9-6-10-16-27/h11-12,17-18,23-27,40H,3-10,13-16,19-22H2,1-2H3. The van der Waals surface area contributed by atoms with Gasteiger partial charge in [-0.05, 0) is 103 Å². The van der Waals surface area contributed by atoms with Crippen LogP contribution in [0.5, 0.6) is 11.5 Å². The highest BCUT2D eigenvalue weighted by molar-refractivity contribution is 8.01. The number of benzene rings is 3. The van der Waals surface area contributed by atoms with Gasteiger partial charge in [-0.25, -0.2) is 0 Å². The number of hydrogen-bond donors (Lipinski definition) is 1. The lowest BCUT2D eigenvalue weighted by Gasteiger charge is -2.45. The summed E-state index contributed by atoms with van der Waals surface area (Å²) in [6.45, 7) is 4.77. The van der Waals surface area contributed by atoms with E-state index in [9.17, 15) is 5.11 Å². The lowest BCUT2D eigenvalue weighted by Crippen LogP contribution is -2.47. The van der Waals surface area contributed by atoms with E-state index in [1.54, 1.807) is 0 Å². The van der Waals surface area contributed by atoms with Crippen molar-refractivity contribution in [3.05, 3.63) is 53.6 Å². The van der Waals surface area contributed by atoms with E-state index >= 15 is 0 Å². The molecule has 1 spiro atoms. The van der Waals surface area contributed by atoms with Crippen LogP contribution in [-0.2, 0) is 5.41 Å². The fourth-order valence-corrected chi connectivity index (χ4v) is 11.9. The summed E-state index contributed by atoms with van der Waals surface area (Å²) >= 11 is 2.03. The zero-order valence-corrected chi connectivity index (χ0v) is 26.6. The van der Waals surface area contributed by atoms with Crippen molar-refractivity contribution in [1.29, 1.82) is 0 Å². The number of ether oxygens (including phenoxy) is 1. The van der Waals surface area contributed by atoms with Gasteiger partial charge in [0.15, 0.2) is 4.93 Å². The van der Waals surface area contributed by atoms with Gasteiger partial charge < -0.3 is 9.84 Å². The number of thioether (sulfide) groups is 1. The molecular weight excluding hydrogens is 532 g/mol. The highest BCUT2D eigenvalue weighted by atomic mass is 32.2. The van der Waals surface area contributed by atoms with E-state index in [4.69, 9.17) is 4.74 Å². The molecular formula is C39H48O2S. The van der Waals surface area contributed by atoms with Crippen molar-refractivity contribution in [3.63, 3.8) is 0 Å². The lowest BCUT2D eigenvalue weighted by molar-refractivity contribution is 0.0132. The summed E-state index contributed by atoms with van der Waals surface area (Å²) < 4.78 is 7.34. The van der Waals surface area contributed by atoms with Gasteiger partial charge in [-0.3, -0.25) is 0 Å². The van der Waals surface area contributed by atoms with Crippen molar-refractivity contribution in [2.45, 2.75) is 132 Å². The lowest BCUT2D eigenvalue weighted by atomic mass is 9.58. The van der Waals surface area contributed by atoms with E-state index in [-0.39, 0.29) is 10.3 Å². The van der Waals surface area contributed by atoms with E-state index in [0.29, 0.717) is 23.0 Å². The molecule has 1 aliphatic heterocycles. The Balaban J connectivity index is 1.27. The van der Waals surface area contributed by atoms with Crippen molar-refractivity contribution >= 4 is 22.5 Å². The molecule has 0 bridgehead atoms. The number of phenolic OH excluding ortho intramolecular Hbond substituents is 1. The molecule has 0 amide bonds. The van der Waals surface area contributed by atoms with Crippen LogP contribution in [0, 0.1) is 17.3 Å². The predicted octanol–water partition coefficient (Wildman–Crippen LogP) is 11.5. The summed E-state index contributed by atoms with van der Waals surface area (Å²) in [5.41, 5.74) is 6.08. The molecule has 0 aromatic heterocycles. The zero-order chi connectivity index (χ0) is 28.5. The molecule has 1 heterocycles. The first-order valence-corrected chi connectivity index (χ1v) is 18.2. The van der Waals surface area contributed by atoms with Gasteiger partial charge in [0.2, 0.25) is 0 Å². The maximum Gasteiger partial charge on any atom is 0.164 e. The number of fused-ring (bicyclic) bond motifs is 8. The van der Waals surface area contributed by atoms with E-state index in [2.05, 4.69) is 56.3 Å². The molecule has 8 rings (SSSR count). The Morgan fingerprint density at radius 2 is 1.40 bits per heavy atom. The largest absolute Gasteiger partial charge is 0.507 e. The summed E-state index contributed by atoms with van der Waals surface area (Å²) in [5.74, 6) is 2.78. The molecule has 0 radical (unpaired) electrons. The number of rotatable bonds is 4. The monoisotopic (exact) mass is 580 g/mol. The van der Waals surface area contributed by atoms with Gasteiger partial charge in [0, 0.05) is 22.6 Å². The van der Waals surface area contributed by atoms with Crippen molar-refractivity contribution in [1.82, 2.24) is 0 Å². The molecule has 0 atom stereocenters. The Kier molecular flexibility index (Phi) is 6.67. The summed E-state index contributed by atoms with van der Waals surface area (Å²) in [6.07, 6.45) is 20.7. The molecule has 222 valence electrons. The van der Waals surface area contributed by atoms with Gasteiger partial charge in [0.1, 0.15) is 11.5 Å². The van der Waals surface area contributed by atoms with E-state index in [1.165, 1.54) is 135 Å². The smallest absolute Gasteiger partial charge is 0.164 e. The van der Waals surface area contributed by atoms with Crippen molar-refractivity contribution < 1.29 is 9.84 Å². The molecule has 0 saturated heterocycles. The van der Waals surface area contributed by atoms with Gasteiger partial charge >= 0.3 is 0 Å². The molecule has 3 saturated carbocycles. The SMILES string of the molecule is CCC1(CC)CCC2(CC1)c1ccccc1-c1c2cc(O)c2cc3c(cc12)OC(C1CCCCC1)(C1CCCCC1)S3. The summed E-state index contributed by atoms with van der Waals surface area (Å²) in [4.78, 5) is 1.12. The molecule has 5 aliphatic rings. The Morgan fingerprint density at radius 3 is 2.05 bits per heavy atom. The topological polar surface area (TPSA) is 29.5 Å². The molecule has 3 aromatic rings. The van der Waals surface area contributed by atoms with Crippen LogP contribution in [0.25, 0.3) is 21.9 Å². The highest BCUT2D eigenvalue weighted by Crippen LogP contribution is 2.64. The molecule has 2 nitrogen and oxygen atoms in total. The van der Waals surface area contributed by atoms with Gasteiger partial charge in [0.05, 0.1) is 4.90 Å². The van der Waals surface area contributed by atoms with E-state index < -0.39 is 0 Å². The van der Waals surface area contributed by atoms with Crippen LogP contribution in [0.1, 0.15) is 128 Å². The van der Waals surface area contributed by atoms with E-state index in [1.807, 2.05) is 11.8 Å². The van der Waals surface area contributed by atoms with Crippen LogP contribution in [0.4, 0.5) is 0 Å². The maximum atomic E-state index is 11.7. The minimum absolute atomic E-state index is 0.00795. The van der Waals surface area contributed by atoms with Gasteiger partial charge in [0.25, 0.3) is 0 Å². The Labute approximate surface area is 257 Å². The average molecular weight is 581 g/mol. The summed E-state index contributed by atoms with van der Waals surface area (Å²) in [6, 6.07) is 16.0. The van der Waals surface area contributed by atoms with Gasteiger partial charge in [-0.2, -0.15) is 0 Å². The second kappa shape index (κ2) is 10.2. The third-order valence-electron chi connectivity index (χ3n) is 13.0. The summed E-state index contributed by atoms with van der Waals surface area (Å²) in [5, 5.41) is 13.9. The van der Waals surface area contributed by atoms with E-state index in [0.717, 1.165) is 11.1 Å². The van der Waals surface area contributed by atoms with Gasteiger partial charge in [-0.15, -0.1) is 0 Å². The Morgan fingerprint density at radius 1 is 0.762 bits per heavy atom. The van der Waals surface area contributed by atoms with Crippen LogP contribution in [0.2, 0.25) is 0 Å². The fourth-order valence-electron chi connectivity index (χ4n) is 10.2. The first-order chi connectivity index (χ1) is 20.5. The van der Waals surface area contributed by atoms with Crippen LogP contribution in [0.3, 0.4) is 0 Å². The first kappa shape index (κ1) is 27.4. The fraction of sp³-hybridized carbons (Fsp3) is 0.590. The normalized spacial score (nSPS) is 24.3. The number of hydrogen-bond acceptors (Lipinski definition) is 3. The molecule has 3 heteroatoms. The van der Waals surface area contributed by atoms with Crippen LogP contribution < -0.4 is 4.74 Å². The van der Waals surface area contributed by atoms with Crippen LogP contribution >= 0.6 is 11.8 Å². The zero-order valence-electron chi connectivity index (χ0n) is 25.8. The maximum absolute atomic E-state index is 11.7. The van der Waals surface area contributed by atoms with Crippen molar-refractivity contribution in [2.75, 3.05) is 0 Å². The minimum atomic E-state index is -0.133. The van der Waals surface area contributed by atoms with Crippen LogP contribution in [-0.4, -0.2) is 10.0 Å². The Hall–Kier alpha value is -2.13. The Bertz CT molecular complexity index is 1480. The third-order valence-corrected chi connectivity index (χ3v) is 14.6. The summed E-state index contributed by atoms with van der Waals surface area (Å²) in [7, 11) is 0. The quantitative estimate of drug-likeness (QED) is 0.333. The molecule has 3 fully saturated rings. The molecule has 1 N–H and O–H groups in total. The molecule has 4 aliphatic carbocycles. The highest BCUT2D eigenvalue weighted by Gasteiger charge is 2.53. The average Bonchev–Trinajstić information content (AvgIpc) is 3.56. The van der Waals surface area contributed by atoms with Crippen LogP contribution in [0.15, 0.2) is 47.4 Å². The van der Waals surface area contributed by atoms with Gasteiger partial charge in [-0.1, -0.05) is 101 Å².